The Balaban J connectivity index is 1.33. The Bertz CT molecular complexity index is 1040. The van der Waals surface area contributed by atoms with Crippen LogP contribution in [0.2, 0.25) is 0 Å². The van der Waals surface area contributed by atoms with E-state index in [0.29, 0.717) is 24.8 Å². The number of methoxy groups -OCH3 is 1. The van der Waals surface area contributed by atoms with E-state index in [1.165, 1.54) is 12.1 Å². The normalized spacial score (nSPS) is 17.7. The summed E-state index contributed by atoms with van der Waals surface area (Å²) in [5, 5.41) is 7.14. The van der Waals surface area contributed by atoms with Gasteiger partial charge in [-0.05, 0) is 68.3 Å². The van der Waals surface area contributed by atoms with Gasteiger partial charge >= 0.3 is 0 Å². The Morgan fingerprint density at radius 3 is 2.72 bits per heavy atom. The summed E-state index contributed by atoms with van der Waals surface area (Å²) in [7, 11) is 1.62. The first kappa shape index (κ1) is 22.0. The molecule has 8 heteroatoms. The van der Waals surface area contributed by atoms with Gasteiger partial charge in [0.1, 0.15) is 11.6 Å². The van der Waals surface area contributed by atoms with E-state index in [-0.39, 0.29) is 23.7 Å². The monoisotopic (exact) mass is 438 g/mol. The molecular formula is C24H27FN4O3. The predicted molar refractivity (Wildman–Crippen MR) is 117 cm³/mol. The maximum Gasteiger partial charge on any atom is 0.241 e. The van der Waals surface area contributed by atoms with Gasteiger partial charge in [-0.25, -0.2) is 4.39 Å². The molecule has 0 bridgehead atoms. The van der Waals surface area contributed by atoms with Gasteiger partial charge in [-0.3, -0.25) is 9.69 Å². The molecule has 1 aromatic heterocycles. The fourth-order valence-corrected chi connectivity index (χ4v) is 3.95. The van der Waals surface area contributed by atoms with Crippen LogP contribution in [0.15, 0.2) is 53.1 Å². The molecule has 2 atom stereocenters. The zero-order valence-corrected chi connectivity index (χ0v) is 18.3. The van der Waals surface area contributed by atoms with Gasteiger partial charge in [0.05, 0.1) is 25.6 Å². The molecule has 3 aromatic rings. The number of nitrogens with one attached hydrogen (secondary N) is 1. The number of likely N-dealkylation sites (tertiary alicyclic amines) is 1. The first-order valence-electron chi connectivity index (χ1n) is 10.8. The van der Waals surface area contributed by atoms with E-state index in [1.54, 1.807) is 19.2 Å². The minimum absolute atomic E-state index is 0.0102. The number of hydrogen-bond donors (Lipinski definition) is 1. The second-order valence-corrected chi connectivity index (χ2v) is 8.10. The molecule has 168 valence electrons. The van der Waals surface area contributed by atoms with Crippen molar-refractivity contribution in [2.24, 2.45) is 5.92 Å². The SMILES string of the molecule is COc1ccc(-c2noc(CN3CCCC(C(=O)NC(C)c4ccc(F)cc4)C3)n2)cc1. The molecule has 4 rings (SSSR count). The number of rotatable bonds is 7. The zero-order valence-electron chi connectivity index (χ0n) is 18.3. The number of nitrogens with zero attached hydrogens (tertiary/aromatic N) is 3. The molecule has 0 saturated carbocycles. The van der Waals surface area contributed by atoms with E-state index in [4.69, 9.17) is 9.26 Å². The summed E-state index contributed by atoms with van der Waals surface area (Å²) in [5.41, 5.74) is 1.73. The number of halogens is 1. The molecule has 1 N–H and O–H groups in total. The summed E-state index contributed by atoms with van der Waals surface area (Å²) in [6.07, 6.45) is 1.75. The number of carbonyl (C=O) groups is 1. The van der Waals surface area contributed by atoms with Crippen molar-refractivity contribution >= 4 is 5.91 Å². The zero-order chi connectivity index (χ0) is 22.5. The van der Waals surface area contributed by atoms with Crippen molar-refractivity contribution in [3.63, 3.8) is 0 Å². The second kappa shape index (κ2) is 9.91. The van der Waals surface area contributed by atoms with Crippen LogP contribution in [0.3, 0.4) is 0 Å². The fourth-order valence-electron chi connectivity index (χ4n) is 3.95. The molecule has 1 aliphatic rings. The molecule has 7 nitrogen and oxygen atoms in total. The van der Waals surface area contributed by atoms with Crippen LogP contribution < -0.4 is 10.1 Å². The van der Waals surface area contributed by atoms with Crippen LogP contribution in [0.25, 0.3) is 11.4 Å². The van der Waals surface area contributed by atoms with Crippen LogP contribution in [0.4, 0.5) is 4.39 Å². The summed E-state index contributed by atoms with van der Waals surface area (Å²) < 4.78 is 23.8. The fraction of sp³-hybridized carbons (Fsp3) is 0.375. The van der Waals surface area contributed by atoms with E-state index in [2.05, 4.69) is 20.4 Å². The van der Waals surface area contributed by atoms with Crippen LogP contribution in [0.5, 0.6) is 5.75 Å². The summed E-state index contributed by atoms with van der Waals surface area (Å²) in [6, 6.07) is 13.5. The van der Waals surface area contributed by atoms with Crippen LogP contribution in [0, 0.1) is 11.7 Å². The van der Waals surface area contributed by atoms with Gasteiger partial charge in [0.2, 0.25) is 17.6 Å². The minimum Gasteiger partial charge on any atom is -0.497 e. The number of carbonyl (C=O) groups excluding carboxylic acids is 1. The highest BCUT2D eigenvalue weighted by Gasteiger charge is 2.28. The topological polar surface area (TPSA) is 80.5 Å². The van der Waals surface area contributed by atoms with Gasteiger partial charge in [-0.15, -0.1) is 0 Å². The maximum atomic E-state index is 13.1. The highest BCUT2D eigenvalue weighted by atomic mass is 19.1. The van der Waals surface area contributed by atoms with Gasteiger partial charge in [0.15, 0.2) is 0 Å². The van der Waals surface area contributed by atoms with Gasteiger partial charge < -0.3 is 14.6 Å². The molecule has 2 unspecified atom stereocenters. The standard InChI is InChI=1S/C24H27FN4O3/c1-16(17-5-9-20(25)10-6-17)26-24(30)19-4-3-13-29(14-19)15-22-27-23(28-32-22)18-7-11-21(31-2)12-8-18/h5-12,16,19H,3-4,13-15H2,1-2H3,(H,26,30). The van der Waals surface area contributed by atoms with E-state index < -0.39 is 0 Å². The minimum atomic E-state index is -0.286. The van der Waals surface area contributed by atoms with Gasteiger partial charge in [0, 0.05) is 12.1 Å². The molecule has 2 heterocycles. The van der Waals surface area contributed by atoms with Crippen molar-refractivity contribution in [2.75, 3.05) is 20.2 Å². The van der Waals surface area contributed by atoms with Gasteiger partial charge in [0.25, 0.3) is 0 Å². The lowest BCUT2D eigenvalue weighted by Gasteiger charge is -2.31. The Kier molecular flexibility index (Phi) is 6.80. The van der Waals surface area contributed by atoms with E-state index in [9.17, 15) is 9.18 Å². The molecule has 2 aromatic carbocycles. The van der Waals surface area contributed by atoms with Crippen molar-refractivity contribution in [1.82, 2.24) is 20.4 Å². The summed E-state index contributed by atoms with van der Waals surface area (Å²) in [4.78, 5) is 19.5. The number of piperidine rings is 1. The summed E-state index contributed by atoms with van der Waals surface area (Å²) in [5.74, 6) is 1.43. The average molecular weight is 439 g/mol. The Morgan fingerprint density at radius 2 is 2.00 bits per heavy atom. The molecule has 1 amide bonds. The van der Waals surface area contributed by atoms with E-state index in [1.807, 2.05) is 31.2 Å². The smallest absolute Gasteiger partial charge is 0.241 e. The third-order valence-corrected chi connectivity index (χ3v) is 5.78. The third kappa shape index (κ3) is 5.31. The van der Waals surface area contributed by atoms with Crippen molar-refractivity contribution in [1.29, 1.82) is 0 Å². The quantitative estimate of drug-likeness (QED) is 0.601. The molecule has 0 spiro atoms. The van der Waals surface area contributed by atoms with E-state index in [0.717, 1.165) is 36.3 Å². The number of benzene rings is 2. The average Bonchev–Trinajstić information content (AvgIpc) is 3.28. The molecule has 0 aliphatic carbocycles. The first-order valence-corrected chi connectivity index (χ1v) is 10.8. The van der Waals surface area contributed by atoms with Crippen molar-refractivity contribution < 1.29 is 18.4 Å². The maximum absolute atomic E-state index is 13.1. The summed E-state index contributed by atoms with van der Waals surface area (Å²) in [6.45, 7) is 3.91. The van der Waals surface area contributed by atoms with Gasteiger partial charge in [-0.1, -0.05) is 17.3 Å². The van der Waals surface area contributed by atoms with Crippen molar-refractivity contribution in [3.8, 4) is 17.1 Å². The van der Waals surface area contributed by atoms with Crippen LogP contribution in [-0.4, -0.2) is 41.1 Å². The van der Waals surface area contributed by atoms with Crippen molar-refractivity contribution in [3.05, 3.63) is 65.8 Å². The van der Waals surface area contributed by atoms with E-state index >= 15 is 0 Å². The Morgan fingerprint density at radius 1 is 1.25 bits per heavy atom. The number of amides is 1. The summed E-state index contributed by atoms with van der Waals surface area (Å²) >= 11 is 0. The molecule has 1 aliphatic heterocycles. The lowest BCUT2D eigenvalue weighted by atomic mass is 9.96. The molecule has 1 fully saturated rings. The van der Waals surface area contributed by atoms with Gasteiger partial charge in [-0.2, -0.15) is 4.98 Å². The number of ether oxygens (including phenoxy) is 1. The molecule has 0 radical (unpaired) electrons. The Labute approximate surface area is 186 Å². The van der Waals surface area contributed by atoms with Crippen molar-refractivity contribution in [2.45, 2.75) is 32.4 Å². The first-order chi connectivity index (χ1) is 15.5. The second-order valence-electron chi connectivity index (χ2n) is 8.10. The predicted octanol–water partition coefficient (Wildman–Crippen LogP) is 3.97. The molecule has 1 saturated heterocycles. The van der Waals surface area contributed by atoms with Crippen LogP contribution >= 0.6 is 0 Å². The Hall–Kier alpha value is -3.26. The van der Waals surface area contributed by atoms with Crippen LogP contribution in [-0.2, 0) is 11.3 Å². The molecular weight excluding hydrogens is 411 g/mol. The lowest BCUT2D eigenvalue weighted by molar-refractivity contribution is -0.127. The highest BCUT2D eigenvalue weighted by Crippen LogP contribution is 2.23. The lowest BCUT2D eigenvalue weighted by Crippen LogP contribution is -2.43. The molecule has 32 heavy (non-hydrogen) atoms. The number of aromatic nitrogens is 2. The number of hydrogen-bond acceptors (Lipinski definition) is 6. The van der Waals surface area contributed by atoms with Crippen LogP contribution in [0.1, 0.15) is 37.3 Å². The highest BCUT2D eigenvalue weighted by molar-refractivity contribution is 5.79. The third-order valence-electron chi connectivity index (χ3n) is 5.78. The largest absolute Gasteiger partial charge is 0.497 e.